The molecule has 0 aliphatic heterocycles. The van der Waals surface area contributed by atoms with Gasteiger partial charge < -0.3 is 4.74 Å². The van der Waals surface area contributed by atoms with Gasteiger partial charge in [0.25, 0.3) is 0 Å². The molecule has 0 spiro atoms. The molecule has 0 aromatic heterocycles. The Balaban J connectivity index is 2.00. The topological polar surface area (TPSA) is 36.5 Å². The third-order valence-electron chi connectivity index (χ3n) is 3.89. The van der Waals surface area contributed by atoms with Gasteiger partial charge in [-0.25, -0.2) is 0 Å². The van der Waals surface area contributed by atoms with E-state index in [4.69, 9.17) is 4.74 Å². The Morgan fingerprint density at radius 2 is 1.95 bits per heavy atom. The maximum Gasteiger partial charge on any atom is 0.180 e. The third kappa shape index (κ3) is 5.30. The molecule has 1 aromatic carbocycles. The highest BCUT2D eigenvalue weighted by atomic mass is 16.5. The summed E-state index contributed by atoms with van der Waals surface area (Å²) >= 11 is 0. The standard InChI is InChI=1S/C18H27N3O/c1-3-4-15-21(17-13-9-6-10-14-17)20-18(22-2)19-16-11-7-5-8-12-16/h3-4,6,9-10,13-16,18-20H,1,5,7-8,11-12H2,2H3/b15-4+. The summed E-state index contributed by atoms with van der Waals surface area (Å²) in [5.41, 5.74) is 4.42. The van der Waals surface area contributed by atoms with Gasteiger partial charge in [-0.05, 0) is 31.1 Å². The summed E-state index contributed by atoms with van der Waals surface area (Å²) < 4.78 is 5.56. The predicted molar refractivity (Wildman–Crippen MR) is 92.2 cm³/mol. The quantitative estimate of drug-likeness (QED) is 0.437. The lowest BCUT2D eigenvalue weighted by atomic mass is 9.96. The molecule has 1 atom stereocenters. The van der Waals surface area contributed by atoms with Gasteiger partial charge in [0, 0.05) is 19.4 Å². The Morgan fingerprint density at radius 3 is 2.59 bits per heavy atom. The second kappa shape index (κ2) is 9.41. The number of allylic oxidation sites excluding steroid dienone is 2. The summed E-state index contributed by atoms with van der Waals surface area (Å²) in [6.07, 6.45) is 11.8. The summed E-state index contributed by atoms with van der Waals surface area (Å²) in [7, 11) is 1.72. The number of rotatable bonds is 8. The molecule has 1 aliphatic carbocycles. The molecule has 22 heavy (non-hydrogen) atoms. The van der Waals surface area contributed by atoms with Crippen molar-refractivity contribution in [2.45, 2.75) is 44.5 Å². The average molecular weight is 301 g/mol. The highest BCUT2D eigenvalue weighted by Gasteiger charge is 2.18. The van der Waals surface area contributed by atoms with Crippen LogP contribution in [-0.2, 0) is 4.74 Å². The molecule has 1 saturated carbocycles. The predicted octanol–water partition coefficient (Wildman–Crippen LogP) is 3.55. The van der Waals surface area contributed by atoms with Crippen LogP contribution in [-0.4, -0.2) is 19.5 Å². The van der Waals surface area contributed by atoms with Gasteiger partial charge >= 0.3 is 0 Å². The van der Waals surface area contributed by atoms with Gasteiger partial charge in [0.1, 0.15) is 0 Å². The number of nitrogens with one attached hydrogen (secondary N) is 2. The minimum absolute atomic E-state index is 0.224. The van der Waals surface area contributed by atoms with E-state index in [-0.39, 0.29) is 6.35 Å². The van der Waals surface area contributed by atoms with Crippen molar-refractivity contribution in [2.24, 2.45) is 0 Å². The van der Waals surface area contributed by atoms with Gasteiger partial charge in [-0.15, -0.1) is 0 Å². The fourth-order valence-electron chi connectivity index (χ4n) is 2.71. The molecule has 1 unspecified atom stereocenters. The number of hydrogen-bond acceptors (Lipinski definition) is 4. The van der Waals surface area contributed by atoms with Crippen molar-refractivity contribution in [1.29, 1.82) is 0 Å². The van der Waals surface area contributed by atoms with E-state index in [1.807, 2.05) is 47.6 Å². The molecule has 0 saturated heterocycles. The van der Waals surface area contributed by atoms with Gasteiger partial charge in [0.15, 0.2) is 6.35 Å². The minimum Gasteiger partial charge on any atom is -0.352 e. The van der Waals surface area contributed by atoms with Crippen LogP contribution in [0.3, 0.4) is 0 Å². The maximum atomic E-state index is 5.56. The monoisotopic (exact) mass is 301 g/mol. The first kappa shape index (κ1) is 16.7. The number of benzene rings is 1. The van der Waals surface area contributed by atoms with Crippen LogP contribution in [0, 0.1) is 0 Å². The zero-order chi connectivity index (χ0) is 15.6. The van der Waals surface area contributed by atoms with Gasteiger partial charge in [0.2, 0.25) is 0 Å². The molecule has 0 heterocycles. The summed E-state index contributed by atoms with van der Waals surface area (Å²) in [6.45, 7) is 3.73. The molecule has 0 radical (unpaired) electrons. The van der Waals surface area contributed by atoms with E-state index < -0.39 is 0 Å². The maximum absolute atomic E-state index is 5.56. The van der Waals surface area contributed by atoms with Crippen LogP contribution in [0.15, 0.2) is 55.3 Å². The second-order valence-electron chi connectivity index (χ2n) is 5.53. The second-order valence-corrected chi connectivity index (χ2v) is 5.53. The fourth-order valence-corrected chi connectivity index (χ4v) is 2.71. The van der Waals surface area contributed by atoms with E-state index in [9.17, 15) is 0 Å². The average Bonchev–Trinajstić information content (AvgIpc) is 2.59. The van der Waals surface area contributed by atoms with E-state index in [1.54, 1.807) is 13.2 Å². The van der Waals surface area contributed by atoms with Gasteiger partial charge in [-0.3, -0.25) is 10.3 Å². The molecule has 2 N–H and O–H groups in total. The van der Waals surface area contributed by atoms with Crippen LogP contribution in [0.4, 0.5) is 5.69 Å². The molecule has 1 aliphatic rings. The molecule has 0 amide bonds. The van der Waals surface area contributed by atoms with Crippen LogP contribution in [0.2, 0.25) is 0 Å². The number of methoxy groups -OCH3 is 1. The largest absolute Gasteiger partial charge is 0.352 e. The lowest BCUT2D eigenvalue weighted by molar-refractivity contribution is 0.0315. The molecule has 120 valence electrons. The number of para-hydroxylation sites is 1. The van der Waals surface area contributed by atoms with Crippen molar-refractivity contribution in [3.8, 4) is 0 Å². The van der Waals surface area contributed by atoms with Crippen LogP contribution in [0.5, 0.6) is 0 Å². The molecular formula is C18H27N3O. The Kier molecular flexibility index (Phi) is 7.16. The summed E-state index contributed by atoms with van der Waals surface area (Å²) in [6, 6.07) is 10.7. The molecule has 0 bridgehead atoms. The van der Waals surface area contributed by atoms with Crippen molar-refractivity contribution < 1.29 is 4.74 Å². The minimum atomic E-state index is -0.224. The SMILES string of the molecule is C=C/C=C/N(NC(NC1CCCCC1)OC)c1ccccc1. The summed E-state index contributed by atoms with van der Waals surface area (Å²) in [4.78, 5) is 0. The summed E-state index contributed by atoms with van der Waals surface area (Å²) in [5, 5.41) is 5.50. The number of hydrogen-bond donors (Lipinski definition) is 2. The van der Waals surface area contributed by atoms with Crippen molar-refractivity contribution in [3.05, 3.63) is 55.3 Å². The van der Waals surface area contributed by atoms with E-state index in [1.165, 1.54) is 32.1 Å². The van der Waals surface area contributed by atoms with E-state index in [0.29, 0.717) is 6.04 Å². The highest BCUT2D eigenvalue weighted by molar-refractivity contribution is 5.47. The molecule has 1 aromatic rings. The van der Waals surface area contributed by atoms with Crippen LogP contribution in [0.25, 0.3) is 0 Å². The fraction of sp³-hybridized carbons (Fsp3) is 0.444. The Morgan fingerprint density at radius 1 is 1.23 bits per heavy atom. The smallest absolute Gasteiger partial charge is 0.180 e. The third-order valence-corrected chi connectivity index (χ3v) is 3.89. The first-order chi connectivity index (χ1) is 10.8. The van der Waals surface area contributed by atoms with Crippen LogP contribution < -0.4 is 15.8 Å². The van der Waals surface area contributed by atoms with Crippen LogP contribution >= 0.6 is 0 Å². The number of nitrogens with zero attached hydrogens (tertiary/aromatic N) is 1. The molecule has 2 rings (SSSR count). The van der Waals surface area contributed by atoms with Crippen molar-refractivity contribution >= 4 is 5.69 Å². The molecule has 1 fully saturated rings. The van der Waals surface area contributed by atoms with Crippen LogP contribution in [0.1, 0.15) is 32.1 Å². The van der Waals surface area contributed by atoms with E-state index >= 15 is 0 Å². The van der Waals surface area contributed by atoms with Gasteiger partial charge in [0.05, 0.1) is 5.69 Å². The lowest BCUT2D eigenvalue weighted by Crippen LogP contribution is -2.54. The Labute approximate surface area is 133 Å². The molecule has 4 nitrogen and oxygen atoms in total. The Hall–Kier alpha value is -1.62. The van der Waals surface area contributed by atoms with Gasteiger partial charge in [-0.1, -0.05) is 50.1 Å². The van der Waals surface area contributed by atoms with E-state index in [2.05, 4.69) is 17.3 Å². The van der Waals surface area contributed by atoms with Crippen molar-refractivity contribution in [3.63, 3.8) is 0 Å². The van der Waals surface area contributed by atoms with E-state index in [0.717, 1.165) is 5.69 Å². The van der Waals surface area contributed by atoms with Gasteiger partial charge in [-0.2, -0.15) is 5.43 Å². The van der Waals surface area contributed by atoms with Crippen molar-refractivity contribution in [2.75, 3.05) is 12.1 Å². The number of anilines is 1. The molecule has 4 heteroatoms. The summed E-state index contributed by atoms with van der Waals surface area (Å²) in [5.74, 6) is 0. The first-order valence-electron chi connectivity index (χ1n) is 8.02. The number of hydrazine groups is 1. The zero-order valence-corrected chi connectivity index (χ0v) is 13.4. The van der Waals surface area contributed by atoms with Crippen molar-refractivity contribution in [1.82, 2.24) is 10.7 Å². The highest BCUT2D eigenvalue weighted by Crippen LogP contribution is 2.18. The number of ether oxygens (including phenoxy) is 1. The zero-order valence-electron chi connectivity index (χ0n) is 13.4. The first-order valence-corrected chi connectivity index (χ1v) is 8.02. The lowest BCUT2D eigenvalue weighted by Gasteiger charge is -2.32. The molecular weight excluding hydrogens is 274 g/mol. The normalized spacial score (nSPS) is 17.5. The Bertz CT molecular complexity index is 455.